The van der Waals surface area contributed by atoms with E-state index in [9.17, 15) is 4.79 Å². The zero-order valence-corrected chi connectivity index (χ0v) is 16.1. The molecule has 4 rings (SSSR count). The van der Waals surface area contributed by atoms with E-state index in [4.69, 9.17) is 14.5 Å². The van der Waals surface area contributed by atoms with E-state index < -0.39 is 6.09 Å². The van der Waals surface area contributed by atoms with Crippen LogP contribution < -0.4 is 10.1 Å². The molecule has 0 saturated heterocycles. The fourth-order valence-corrected chi connectivity index (χ4v) is 3.68. The van der Waals surface area contributed by atoms with Crippen molar-refractivity contribution in [2.75, 3.05) is 26.1 Å². The van der Waals surface area contributed by atoms with Crippen molar-refractivity contribution in [3.8, 4) is 5.75 Å². The summed E-state index contributed by atoms with van der Waals surface area (Å²) < 4.78 is 10.2. The average molecular weight is 377 g/mol. The molecule has 144 valence electrons. The molecule has 0 saturated carbocycles. The number of rotatable bonds is 4. The lowest BCUT2D eigenvalue weighted by atomic mass is 9.99. The van der Waals surface area contributed by atoms with Crippen molar-refractivity contribution in [1.29, 1.82) is 0 Å². The second kappa shape index (κ2) is 7.86. The minimum Gasteiger partial charge on any atom is -0.497 e. The molecule has 0 aliphatic carbocycles. The Morgan fingerprint density at radius 1 is 1.18 bits per heavy atom. The molecule has 0 bridgehead atoms. The molecule has 1 aliphatic rings. The highest BCUT2D eigenvalue weighted by Crippen LogP contribution is 2.34. The molecule has 1 N–H and O–H groups in total. The monoisotopic (exact) mass is 377 g/mol. The van der Waals surface area contributed by atoms with Gasteiger partial charge in [0, 0.05) is 42.7 Å². The van der Waals surface area contributed by atoms with Crippen LogP contribution in [-0.2, 0) is 24.2 Å². The summed E-state index contributed by atoms with van der Waals surface area (Å²) in [5.41, 5.74) is 4.91. The molecule has 0 spiro atoms. The molecular formula is C22H23N3O3. The van der Waals surface area contributed by atoms with Gasteiger partial charge in [-0.3, -0.25) is 15.2 Å². The van der Waals surface area contributed by atoms with Crippen LogP contribution in [0, 0.1) is 0 Å². The van der Waals surface area contributed by atoms with Gasteiger partial charge in [-0.1, -0.05) is 30.3 Å². The van der Waals surface area contributed by atoms with Gasteiger partial charge in [0.1, 0.15) is 5.75 Å². The van der Waals surface area contributed by atoms with E-state index >= 15 is 0 Å². The fraction of sp³-hybridized carbons (Fsp3) is 0.273. The summed E-state index contributed by atoms with van der Waals surface area (Å²) >= 11 is 0. The Bertz CT molecular complexity index is 1000. The van der Waals surface area contributed by atoms with Crippen LogP contribution >= 0.6 is 0 Å². The highest BCUT2D eigenvalue weighted by atomic mass is 16.5. The lowest BCUT2D eigenvalue weighted by Crippen LogP contribution is -2.31. The van der Waals surface area contributed by atoms with E-state index in [-0.39, 0.29) is 0 Å². The fourth-order valence-electron chi connectivity index (χ4n) is 3.68. The van der Waals surface area contributed by atoms with Gasteiger partial charge >= 0.3 is 6.09 Å². The van der Waals surface area contributed by atoms with E-state index in [1.807, 2.05) is 24.3 Å². The first kappa shape index (κ1) is 18.3. The number of benzene rings is 2. The molecule has 6 nitrogen and oxygen atoms in total. The number of aromatic nitrogens is 1. The van der Waals surface area contributed by atoms with Crippen molar-refractivity contribution in [3.63, 3.8) is 0 Å². The predicted octanol–water partition coefficient (Wildman–Crippen LogP) is 3.98. The third kappa shape index (κ3) is 3.64. The van der Waals surface area contributed by atoms with Crippen LogP contribution in [0.15, 0.2) is 48.5 Å². The van der Waals surface area contributed by atoms with E-state index in [2.05, 4.69) is 34.5 Å². The van der Waals surface area contributed by atoms with Crippen molar-refractivity contribution in [2.45, 2.75) is 19.5 Å². The SMILES string of the molecule is COC(=O)Nc1c2c(nc3ccc(OC)cc13)CCN(Cc1ccccc1)C2. The van der Waals surface area contributed by atoms with Crippen molar-refractivity contribution >= 4 is 22.7 Å². The van der Waals surface area contributed by atoms with Crippen LogP contribution in [0.25, 0.3) is 10.9 Å². The zero-order valence-electron chi connectivity index (χ0n) is 16.1. The van der Waals surface area contributed by atoms with E-state index in [1.165, 1.54) is 12.7 Å². The quantitative estimate of drug-likeness (QED) is 0.745. The first-order valence-electron chi connectivity index (χ1n) is 9.28. The molecule has 1 amide bonds. The summed E-state index contributed by atoms with van der Waals surface area (Å²) in [4.78, 5) is 19.3. The maximum atomic E-state index is 12.0. The predicted molar refractivity (Wildman–Crippen MR) is 109 cm³/mol. The van der Waals surface area contributed by atoms with Crippen molar-refractivity contribution < 1.29 is 14.3 Å². The largest absolute Gasteiger partial charge is 0.497 e. The molecule has 0 atom stereocenters. The Kier molecular flexibility index (Phi) is 5.12. The van der Waals surface area contributed by atoms with Crippen molar-refractivity contribution in [3.05, 3.63) is 65.4 Å². The molecule has 0 radical (unpaired) electrons. The lowest BCUT2D eigenvalue weighted by molar-refractivity contribution is 0.186. The first-order valence-corrected chi connectivity index (χ1v) is 9.28. The number of hydrogen-bond acceptors (Lipinski definition) is 5. The van der Waals surface area contributed by atoms with Gasteiger partial charge < -0.3 is 9.47 Å². The molecule has 0 unspecified atom stereocenters. The Labute approximate surface area is 164 Å². The van der Waals surface area contributed by atoms with Gasteiger partial charge in [0.05, 0.1) is 25.4 Å². The Balaban J connectivity index is 1.75. The summed E-state index contributed by atoms with van der Waals surface area (Å²) in [6.45, 7) is 2.49. The number of anilines is 1. The number of carbonyl (C=O) groups excluding carboxylic acids is 1. The van der Waals surface area contributed by atoms with E-state index in [1.54, 1.807) is 7.11 Å². The third-order valence-corrected chi connectivity index (χ3v) is 5.09. The highest BCUT2D eigenvalue weighted by molar-refractivity contribution is 6.01. The second-order valence-corrected chi connectivity index (χ2v) is 6.86. The zero-order chi connectivity index (χ0) is 19.5. The average Bonchev–Trinajstić information content (AvgIpc) is 2.74. The van der Waals surface area contributed by atoms with Crippen LogP contribution in [0.2, 0.25) is 0 Å². The normalized spacial score (nSPS) is 13.8. The molecule has 2 heterocycles. The van der Waals surface area contributed by atoms with E-state index in [0.717, 1.165) is 53.1 Å². The van der Waals surface area contributed by atoms with Crippen molar-refractivity contribution in [2.24, 2.45) is 0 Å². The summed E-state index contributed by atoms with van der Waals surface area (Å²) in [5.74, 6) is 0.721. The maximum absolute atomic E-state index is 12.0. The number of carbonyl (C=O) groups is 1. The Morgan fingerprint density at radius 3 is 2.75 bits per heavy atom. The molecular weight excluding hydrogens is 354 g/mol. The number of nitrogens with one attached hydrogen (secondary N) is 1. The number of methoxy groups -OCH3 is 2. The number of pyridine rings is 1. The molecule has 1 aliphatic heterocycles. The van der Waals surface area contributed by atoms with Gasteiger partial charge in [0.25, 0.3) is 0 Å². The molecule has 28 heavy (non-hydrogen) atoms. The smallest absolute Gasteiger partial charge is 0.411 e. The lowest BCUT2D eigenvalue weighted by Gasteiger charge is -2.30. The van der Waals surface area contributed by atoms with Gasteiger partial charge in [-0.15, -0.1) is 0 Å². The number of hydrogen-bond donors (Lipinski definition) is 1. The second-order valence-electron chi connectivity index (χ2n) is 6.86. The minimum absolute atomic E-state index is 0.488. The van der Waals surface area contributed by atoms with Crippen molar-refractivity contribution in [1.82, 2.24) is 9.88 Å². The minimum atomic E-state index is -0.488. The highest BCUT2D eigenvalue weighted by Gasteiger charge is 2.24. The molecule has 0 fully saturated rings. The van der Waals surface area contributed by atoms with Crippen LogP contribution in [0.3, 0.4) is 0 Å². The molecule has 2 aromatic carbocycles. The number of nitrogens with zero attached hydrogens (tertiary/aromatic N) is 2. The van der Waals surface area contributed by atoms with E-state index in [0.29, 0.717) is 6.54 Å². The summed E-state index contributed by atoms with van der Waals surface area (Å²) in [7, 11) is 3.00. The van der Waals surface area contributed by atoms with Gasteiger partial charge in [0.2, 0.25) is 0 Å². The Hall–Kier alpha value is -3.12. The van der Waals surface area contributed by atoms with Gasteiger partial charge in [0.15, 0.2) is 0 Å². The van der Waals surface area contributed by atoms with Crippen LogP contribution in [0.5, 0.6) is 5.75 Å². The van der Waals surface area contributed by atoms with Crippen LogP contribution in [0.1, 0.15) is 16.8 Å². The third-order valence-electron chi connectivity index (χ3n) is 5.09. The first-order chi connectivity index (χ1) is 13.7. The summed E-state index contributed by atoms with van der Waals surface area (Å²) in [6.07, 6.45) is 0.345. The van der Waals surface area contributed by atoms with Gasteiger partial charge in [-0.25, -0.2) is 4.79 Å². The number of amides is 1. The van der Waals surface area contributed by atoms with Gasteiger partial charge in [-0.2, -0.15) is 0 Å². The van der Waals surface area contributed by atoms with Crippen LogP contribution in [0.4, 0.5) is 10.5 Å². The van der Waals surface area contributed by atoms with Gasteiger partial charge in [-0.05, 0) is 23.8 Å². The maximum Gasteiger partial charge on any atom is 0.411 e. The molecule has 3 aromatic rings. The topological polar surface area (TPSA) is 63.7 Å². The number of fused-ring (bicyclic) bond motifs is 2. The summed E-state index contributed by atoms with van der Waals surface area (Å²) in [6, 6.07) is 16.1. The Morgan fingerprint density at radius 2 is 2.00 bits per heavy atom. The standard InChI is InChI=1S/C22H23N3O3/c1-27-16-8-9-19-17(12-16)21(24-22(26)28-2)18-14-25(11-10-20(18)23-19)13-15-6-4-3-5-7-15/h3-9,12H,10-11,13-14H2,1-2H3,(H,23,24,26). The number of ether oxygens (including phenoxy) is 2. The summed E-state index contributed by atoms with van der Waals surface area (Å²) in [5, 5.41) is 3.77. The van der Waals surface area contributed by atoms with Crippen LogP contribution in [-0.4, -0.2) is 36.7 Å². The molecule has 6 heteroatoms. The molecule has 1 aromatic heterocycles.